The van der Waals surface area contributed by atoms with Gasteiger partial charge in [0, 0.05) is 5.56 Å². The van der Waals surface area contributed by atoms with E-state index in [1.165, 1.54) is 4.90 Å². The molecule has 0 radical (unpaired) electrons. The molecule has 1 heterocycles. The smallest absolute Gasteiger partial charge is 0.328 e. The molecule has 0 bridgehead atoms. The quantitative estimate of drug-likeness (QED) is 0.907. The van der Waals surface area contributed by atoms with E-state index in [-0.39, 0.29) is 12.2 Å². The van der Waals surface area contributed by atoms with Gasteiger partial charge in [0.25, 0.3) is 5.91 Å². The van der Waals surface area contributed by atoms with Crippen LogP contribution in [0.25, 0.3) is 0 Å². The summed E-state index contributed by atoms with van der Waals surface area (Å²) in [5.74, 6) is -4.00. The molecule has 0 aromatic heterocycles. The molecule has 1 aliphatic heterocycles. The molecule has 1 aromatic rings. The number of carboxylic acid groups (broad SMARTS) is 1. The minimum atomic E-state index is -1.16. The summed E-state index contributed by atoms with van der Waals surface area (Å²) in [5.41, 5.74) is -1.03. The molecule has 1 amide bonds. The molecule has 2 fully saturated rings. The lowest BCUT2D eigenvalue weighted by molar-refractivity contribution is -0.143. The van der Waals surface area contributed by atoms with Crippen molar-refractivity contribution >= 4 is 11.9 Å². The van der Waals surface area contributed by atoms with Gasteiger partial charge in [-0.15, -0.1) is 0 Å². The van der Waals surface area contributed by atoms with Crippen LogP contribution in [0.4, 0.5) is 8.78 Å². The van der Waals surface area contributed by atoms with E-state index >= 15 is 0 Å². The number of rotatable bonds is 2. The minimum absolute atomic E-state index is 0.0781. The second-order valence-corrected chi connectivity index (χ2v) is 5.98. The summed E-state index contributed by atoms with van der Waals surface area (Å²) in [6.45, 7) is -0.0925. The van der Waals surface area contributed by atoms with Gasteiger partial charge in [0.2, 0.25) is 0 Å². The molecule has 1 aliphatic carbocycles. The summed E-state index contributed by atoms with van der Waals surface area (Å²) < 4.78 is 32.2. The van der Waals surface area contributed by atoms with Crippen molar-refractivity contribution in [3.63, 3.8) is 0 Å². The summed E-state index contributed by atoms with van der Waals surface area (Å²) in [5, 5.41) is 9.38. The number of nitrogens with zero attached hydrogens (tertiary/aromatic N) is 1. The van der Waals surface area contributed by atoms with Crippen molar-refractivity contribution in [1.29, 1.82) is 0 Å². The van der Waals surface area contributed by atoms with Crippen molar-refractivity contribution in [3.8, 4) is 0 Å². The first-order valence-electron chi connectivity index (χ1n) is 7.60. The van der Waals surface area contributed by atoms with Gasteiger partial charge < -0.3 is 9.84 Å². The molecular weight excluding hydrogens is 308 g/mol. The van der Waals surface area contributed by atoms with Gasteiger partial charge in [-0.2, -0.15) is 0 Å². The Bertz CT molecular complexity index is 643. The zero-order chi connectivity index (χ0) is 16.6. The van der Waals surface area contributed by atoms with Crippen LogP contribution in [0.5, 0.6) is 0 Å². The number of aliphatic carboxylic acids is 1. The Morgan fingerprint density at radius 1 is 1.17 bits per heavy atom. The van der Waals surface area contributed by atoms with Crippen molar-refractivity contribution < 1.29 is 28.2 Å². The van der Waals surface area contributed by atoms with Gasteiger partial charge >= 0.3 is 5.97 Å². The number of benzene rings is 1. The lowest BCUT2D eigenvalue weighted by Gasteiger charge is -2.41. The number of halogens is 2. The first-order chi connectivity index (χ1) is 10.9. The van der Waals surface area contributed by atoms with Crippen molar-refractivity contribution in [2.75, 3.05) is 6.61 Å². The number of hydrogen-bond donors (Lipinski definition) is 1. The van der Waals surface area contributed by atoms with Crippen LogP contribution in [-0.2, 0) is 9.53 Å². The van der Waals surface area contributed by atoms with E-state index in [0.717, 1.165) is 37.5 Å². The third kappa shape index (κ3) is 2.69. The van der Waals surface area contributed by atoms with E-state index in [0.29, 0.717) is 12.8 Å². The number of amides is 1. The van der Waals surface area contributed by atoms with Gasteiger partial charge in [-0.25, -0.2) is 13.6 Å². The van der Waals surface area contributed by atoms with Gasteiger partial charge in [0.1, 0.15) is 5.72 Å². The second kappa shape index (κ2) is 5.88. The Balaban J connectivity index is 1.98. The fourth-order valence-electron chi connectivity index (χ4n) is 3.43. The molecule has 0 unspecified atom stereocenters. The fraction of sp³-hybridized carbons (Fsp3) is 0.500. The second-order valence-electron chi connectivity index (χ2n) is 5.98. The fourth-order valence-corrected chi connectivity index (χ4v) is 3.43. The number of carboxylic acids is 1. The largest absolute Gasteiger partial charge is 0.480 e. The average Bonchev–Trinajstić information content (AvgIpc) is 2.89. The molecule has 7 heteroatoms. The molecule has 5 nitrogen and oxygen atoms in total. The summed E-state index contributed by atoms with van der Waals surface area (Å²) in [7, 11) is 0. The Labute approximate surface area is 131 Å². The average molecular weight is 325 g/mol. The normalized spacial score (nSPS) is 23.2. The van der Waals surface area contributed by atoms with Crippen molar-refractivity contribution in [3.05, 3.63) is 35.4 Å². The third-order valence-corrected chi connectivity index (χ3v) is 4.57. The predicted octanol–water partition coefficient (Wildman–Crippen LogP) is 2.55. The van der Waals surface area contributed by atoms with Crippen molar-refractivity contribution in [1.82, 2.24) is 4.90 Å². The highest BCUT2D eigenvalue weighted by atomic mass is 19.2. The molecule has 1 aromatic carbocycles. The zero-order valence-electron chi connectivity index (χ0n) is 12.4. The van der Waals surface area contributed by atoms with Gasteiger partial charge in [-0.1, -0.05) is 6.42 Å². The molecule has 1 saturated carbocycles. The molecule has 1 saturated heterocycles. The Morgan fingerprint density at radius 2 is 1.87 bits per heavy atom. The Kier molecular flexibility index (Phi) is 4.06. The van der Waals surface area contributed by atoms with Crippen LogP contribution in [0.3, 0.4) is 0 Å². The van der Waals surface area contributed by atoms with E-state index in [1.54, 1.807) is 0 Å². The van der Waals surface area contributed by atoms with Crippen LogP contribution in [-0.4, -0.2) is 40.3 Å². The first-order valence-corrected chi connectivity index (χ1v) is 7.60. The summed E-state index contributed by atoms with van der Waals surface area (Å²) >= 11 is 0. The van der Waals surface area contributed by atoms with E-state index in [2.05, 4.69) is 0 Å². The first kappa shape index (κ1) is 15.9. The maximum Gasteiger partial charge on any atom is 0.328 e. The van der Waals surface area contributed by atoms with Crippen molar-refractivity contribution in [2.24, 2.45) is 0 Å². The monoisotopic (exact) mass is 325 g/mol. The zero-order valence-corrected chi connectivity index (χ0v) is 12.4. The number of hydrogen-bond acceptors (Lipinski definition) is 3. The van der Waals surface area contributed by atoms with Crippen LogP contribution in [0.2, 0.25) is 0 Å². The van der Waals surface area contributed by atoms with Crippen LogP contribution in [0.15, 0.2) is 18.2 Å². The topological polar surface area (TPSA) is 66.8 Å². The number of ether oxygens (including phenoxy) is 1. The predicted molar refractivity (Wildman–Crippen MR) is 75.7 cm³/mol. The van der Waals surface area contributed by atoms with Gasteiger partial charge in [-0.3, -0.25) is 9.69 Å². The highest BCUT2D eigenvalue weighted by Crippen LogP contribution is 2.41. The van der Waals surface area contributed by atoms with E-state index < -0.39 is 35.3 Å². The summed E-state index contributed by atoms with van der Waals surface area (Å²) in [6, 6.07) is 1.71. The summed E-state index contributed by atoms with van der Waals surface area (Å²) in [4.78, 5) is 25.5. The highest BCUT2D eigenvalue weighted by Gasteiger charge is 2.53. The van der Waals surface area contributed by atoms with Gasteiger partial charge in [0.05, 0.1) is 6.61 Å². The molecule has 3 rings (SSSR count). The van der Waals surface area contributed by atoms with E-state index in [4.69, 9.17) is 4.74 Å². The standard InChI is InChI=1S/C16H17F2NO4/c17-11-5-4-10(8-12(11)18)14(20)19-13(15(21)22)9-23-16(19)6-2-1-3-7-16/h4-5,8,13H,1-3,6-7,9H2,(H,21,22)/t13-/m1/s1. The Morgan fingerprint density at radius 3 is 2.48 bits per heavy atom. The lowest BCUT2D eigenvalue weighted by atomic mass is 9.89. The maximum absolute atomic E-state index is 13.4. The van der Waals surface area contributed by atoms with Gasteiger partial charge in [0.15, 0.2) is 17.7 Å². The minimum Gasteiger partial charge on any atom is -0.480 e. The van der Waals surface area contributed by atoms with Crippen LogP contribution in [0, 0.1) is 11.6 Å². The molecule has 1 spiro atoms. The number of carbonyl (C=O) groups excluding carboxylic acids is 1. The maximum atomic E-state index is 13.4. The third-order valence-electron chi connectivity index (χ3n) is 4.57. The Hall–Kier alpha value is -2.02. The molecule has 1 atom stereocenters. The molecule has 1 N–H and O–H groups in total. The van der Waals surface area contributed by atoms with Gasteiger partial charge in [-0.05, 0) is 43.9 Å². The highest BCUT2D eigenvalue weighted by molar-refractivity contribution is 5.97. The molecular formula is C16H17F2NO4. The van der Waals surface area contributed by atoms with E-state index in [9.17, 15) is 23.5 Å². The van der Waals surface area contributed by atoms with Crippen molar-refractivity contribution in [2.45, 2.75) is 43.9 Å². The SMILES string of the molecule is O=C(O)[C@H]1COC2(CCCCC2)N1C(=O)c1ccc(F)c(F)c1. The van der Waals surface area contributed by atoms with Crippen LogP contribution in [0.1, 0.15) is 42.5 Å². The number of carbonyl (C=O) groups is 2. The van der Waals surface area contributed by atoms with Crippen LogP contribution < -0.4 is 0 Å². The summed E-state index contributed by atoms with van der Waals surface area (Å²) in [6.07, 6.45) is 3.75. The lowest BCUT2D eigenvalue weighted by Crippen LogP contribution is -2.54. The molecule has 124 valence electrons. The van der Waals surface area contributed by atoms with E-state index in [1.807, 2.05) is 0 Å². The molecule has 23 heavy (non-hydrogen) atoms. The van der Waals surface area contributed by atoms with Crippen LogP contribution >= 0.6 is 0 Å². The molecule has 2 aliphatic rings.